The Bertz CT molecular complexity index is 2820. The highest BCUT2D eigenvalue weighted by molar-refractivity contribution is 9.10. The molecule has 1 aromatic heterocycles. The standard InChI is InChI=1S/C21H33NO3.C13H24N2O4.C12H24N2O2.C12H21NO3.C11H19NO4.C4HBrCl2N2/c1-16(6-7-17-8-10-19(24-5)11-9-17)18-12-14-22(15-13-18)20(23)25-21(2,3)4;1-13(2,3)19-12(17)15-8-6-10(7-9-15)11(16)14(4)18-5;1-9(13)10-5-7-14(8-6-10)11(15)16-12(2,3)4;1-9(14)10-5-7-13(8-6-10)11(15)16-12(2,3)4;1-11(2,3)16-10(15)12-6-4-8(5-7-12)9(13)14;5-2-1-8-4(7)9-3(2)6/h8-11,16,18H,6-7,12-15H2,1-5H3;10H,6-9H2,1-5H3;9-10H,5-8,13H2,1-4H3;10H,5-8H2,1-4H3;8H,4-7H2,1-3H3,(H,13,14);1H. The summed E-state index contributed by atoms with van der Waals surface area (Å²) in [6.07, 6.45) is 10.4. The molecule has 2 atom stereocenters. The van der Waals surface area contributed by atoms with Crippen molar-refractivity contribution in [3.8, 4) is 5.75 Å². The summed E-state index contributed by atoms with van der Waals surface area (Å²) in [5, 5.41) is 10.5. The quantitative estimate of drug-likeness (QED) is 0.0967. The normalized spacial score (nSPS) is 17.5. The second-order valence-corrected chi connectivity index (χ2v) is 32.9. The molecule has 0 spiro atoms. The maximum absolute atomic E-state index is 12.1. The van der Waals surface area contributed by atoms with Gasteiger partial charge in [0, 0.05) is 96.6 Å². The molecule has 576 valence electrons. The first-order chi connectivity index (χ1) is 46.6. The number of nitrogens with zero attached hydrogens (tertiary/aromatic N) is 8. The molecule has 28 heteroatoms. The van der Waals surface area contributed by atoms with E-state index in [4.69, 9.17) is 67.3 Å². The third-order valence-electron chi connectivity index (χ3n) is 16.9. The molecule has 2 unspecified atom stereocenters. The van der Waals surface area contributed by atoms with Gasteiger partial charge in [0.2, 0.25) is 11.2 Å². The van der Waals surface area contributed by atoms with Crippen molar-refractivity contribution >= 4 is 87.3 Å². The number of carboxylic acid groups (broad SMARTS) is 1. The number of hydrogen-bond donors (Lipinski definition) is 2. The third kappa shape index (κ3) is 37.9. The molecule has 101 heavy (non-hydrogen) atoms. The van der Waals surface area contributed by atoms with Crippen LogP contribution in [0.15, 0.2) is 34.9 Å². The van der Waals surface area contributed by atoms with Gasteiger partial charge in [-0.3, -0.25) is 19.2 Å². The van der Waals surface area contributed by atoms with Crippen LogP contribution in [0.25, 0.3) is 0 Å². The summed E-state index contributed by atoms with van der Waals surface area (Å²) in [5.41, 5.74) is 4.96. The summed E-state index contributed by atoms with van der Waals surface area (Å²) >= 11 is 14.0. The predicted octanol–water partition coefficient (Wildman–Crippen LogP) is 15.0. The Kier molecular flexibility index (Phi) is 38.5. The zero-order valence-electron chi connectivity index (χ0n) is 64.3. The zero-order chi connectivity index (χ0) is 77.0. The van der Waals surface area contributed by atoms with Crippen LogP contribution in [-0.4, -0.2) is 214 Å². The van der Waals surface area contributed by atoms with Crippen LogP contribution in [0.2, 0.25) is 10.4 Å². The minimum absolute atomic E-state index is 0.0358. The maximum atomic E-state index is 12.1. The molecular formula is C73H122BrCl2N9O16. The van der Waals surface area contributed by atoms with Gasteiger partial charge in [-0.15, -0.1) is 0 Å². The van der Waals surface area contributed by atoms with Crippen LogP contribution in [0.4, 0.5) is 24.0 Å². The Morgan fingerprint density at radius 1 is 0.545 bits per heavy atom. The topological polar surface area (TPSA) is 293 Å². The molecule has 0 saturated carbocycles. The van der Waals surface area contributed by atoms with E-state index in [-0.39, 0.29) is 71.2 Å². The Balaban J connectivity index is 0.000000420. The molecule has 6 heterocycles. The number of piperidine rings is 5. The van der Waals surface area contributed by atoms with Crippen molar-refractivity contribution in [3.05, 3.63) is 50.9 Å². The van der Waals surface area contributed by atoms with Crippen molar-refractivity contribution in [3.63, 3.8) is 0 Å². The zero-order valence-corrected chi connectivity index (χ0v) is 67.4. The van der Waals surface area contributed by atoms with Crippen molar-refractivity contribution < 1.29 is 76.7 Å². The number of halogens is 3. The van der Waals surface area contributed by atoms with Gasteiger partial charge in [-0.25, -0.2) is 39.0 Å². The molecule has 6 amide bonds. The van der Waals surface area contributed by atoms with E-state index >= 15 is 0 Å². The van der Waals surface area contributed by atoms with E-state index in [1.165, 1.54) is 30.4 Å². The number of hydrogen-bond acceptors (Lipinski definition) is 18. The first kappa shape index (κ1) is 91.1. The minimum atomic E-state index is -0.774. The van der Waals surface area contributed by atoms with Crippen LogP contribution in [-0.2, 0) is 49.3 Å². The Labute approximate surface area is 620 Å². The summed E-state index contributed by atoms with van der Waals surface area (Å²) < 4.78 is 32.5. The number of Topliss-reactive ketones (excluding diaryl/α,β-unsaturated/α-hetero) is 1. The van der Waals surface area contributed by atoms with Crippen molar-refractivity contribution in [2.75, 3.05) is 86.7 Å². The fourth-order valence-corrected chi connectivity index (χ4v) is 11.6. The van der Waals surface area contributed by atoms with Crippen LogP contribution in [0, 0.1) is 35.5 Å². The fraction of sp³-hybridized carbons (Fsp3) is 0.753. The van der Waals surface area contributed by atoms with Gasteiger partial charge in [-0.1, -0.05) is 30.7 Å². The minimum Gasteiger partial charge on any atom is -0.497 e. The van der Waals surface area contributed by atoms with Gasteiger partial charge < -0.3 is 63.8 Å². The Morgan fingerprint density at radius 3 is 1.14 bits per heavy atom. The number of amides is 6. The molecule has 0 bridgehead atoms. The summed E-state index contributed by atoms with van der Waals surface area (Å²) in [6, 6.07) is 8.58. The Morgan fingerprint density at radius 2 is 0.861 bits per heavy atom. The first-order valence-corrected chi connectivity index (χ1v) is 36.8. The number of ether oxygens (including phenoxy) is 6. The molecule has 5 fully saturated rings. The van der Waals surface area contributed by atoms with E-state index in [1.807, 2.05) is 128 Å². The average molecular weight is 1530 g/mol. The van der Waals surface area contributed by atoms with Gasteiger partial charge in [-0.05, 0) is 258 Å². The smallest absolute Gasteiger partial charge is 0.410 e. The van der Waals surface area contributed by atoms with E-state index in [0.717, 1.165) is 76.9 Å². The number of methoxy groups -OCH3 is 1. The molecule has 0 radical (unpaired) electrons. The highest BCUT2D eigenvalue weighted by atomic mass is 79.9. The van der Waals surface area contributed by atoms with Crippen LogP contribution in [0.1, 0.15) is 201 Å². The summed E-state index contributed by atoms with van der Waals surface area (Å²) in [4.78, 5) is 114. The summed E-state index contributed by atoms with van der Waals surface area (Å²) in [7, 11) is 4.76. The largest absolute Gasteiger partial charge is 0.497 e. The number of aromatic nitrogens is 2. The number of likely N-dealkylation sites (tertiary alicyclic amines) is 5. The number of nitrogens with two attached hydrogens (primary N) is 1. The molecule has 3 N–H and O–H groups in total. The van der Waals surface area contributed by atoms with Crippen molar-refractivity contribution in [2.45, 2.75) is 236 Å². The highest BCUT2D eigenvalue weighted by Gasteiger charge is 2.35. The lowest BCUT2D eigenvalue weighted by atomic mass is 9.82. The predicted molar refractivity (Wildman–Crippen MR) is 395 cm³/mol. The van der Waals surface area contributed by atoms with Gasteiger partial charge in [0.05, 0.1) is 24.6 Å². The molecule has 1 aromatic carbocycles. The second kappa shape index (κ2) is 42.7. The monoisotopic (exact) mass is 1530 g/mol. The Hall–Kier alpha value is -5.96. The van der Waals surface area contributed by atoms with Gasteiger partial charge in [-0.2, -0.15) is 0 Å². The number of carboxylic acids is 1. The molecule has 0 aliphatic carbocycles. The summed E-state index contributed by atoms with van der Waals surface area (Å²) in [5.74, 6) is 1.95. The summed E-state index contributed by atoms with van der Waals surface area (Å²) in [6.45, 7) is 40.4. The van der Waals surface area contributed by atoms with Crippen molar-refractivity contribution in [1.82, 2.24) is 39.5 Å². The molecule has 5 aliphatic rings. The molecule has 7 rings (SSSR count). The number of rotatable bonds is 10. The molecule has 25 nitrogen and oxygen atoms in total. The van der Waals surface area contributed by atoms with E-state index in [2.05, 4.69) is 45.0 Å². The molecule has 5 saturated heterocycles. The van der Waals surface area contributed by atoms with E-state index in [0.29, 0.717) is 92.3 Å². The number of aryl methyl sites for hydroxylation is 1. The number of hydroxylamine groups is 2. The fourth-order valence-electron chi connectivity index (χ4n) is 11.1. The van der Waals surface area contributed by atoms with E-state index in [1.54, 1.807) is 40.7 Å². The van der Waals surface area contributed by atoms with Crippen LogP contribution in [0.3, 0.4) is 0 Å². The maximum Gasteiger partial charge on any atom is 0.410 e. The molecule has 5 aliphatic heterocycles. The van der Waals surface area contributed by atoms with Gasteiger partial charge in [0.25, 0.3) is 0 Å². The van der Waals surface area contributed by atoms with Gasteiger partial charge >= 0.3 is 36.4 Å². The third-order valence-corrected chi connectivity index (χ3v) is 18.2. The van der Waals surface area contributed by atoms with Crippen LogP contribution in [0.5, 0.6) is 5.75 Å². The van der Waals surface area contributed by atoms with Gasteiger partial charge in [0.15, 0.2) is 0 Å². The average Bonchev–Trinajstić information content (AvgIpc) is 0.873. The van der Waals surface area contributed by atoms with Crippen LogP contribution < -0.4 is 10.5 Å². The van der Waals surface area contributed by atoms with Gasteiger partial charge in [0.1, 0.15) is 44.7 Å². The number of aliphatic carboxylic acids is 1. The highest BCUT2D eigenvalue weighted by Crippen LogP contribution is 2.31. The molecular weight excluding hydrogens is 1410 g/mol. The van der Waals surface area contributed by atoms with E-state index < -0.39 is 34.0 Å². The first-order valence-electron chi connectivity index (χ1n) is 35.3. The molecule has 2 aromatic rings. The second-order valence-electron chi connectivity index (χ2n) is 31.3. The lowest BCUT2D eigenvalue weighted by molar-refractivity contribution is -0.174. The number of ketones is 1. The number of benzene rings is 1. The van der Waals surface area contributed by atoms with E-state index in [9.17, 15) is 38.4 Å². The van der Waals surface area contributed by atoms with Crippen molar-refractivity contribution in [1.29, 1.82) is 0 Å². The SMILES string of the molecule is CC(=O)C1CCN(C(=O)OC(C)(C)C)CC1.CC(C)(C)OC(=O)N1CCC(C(=O)O)CC1.CC(N)C1CCN(C(=O)OC(C)(C)C)CC1.CON(C)C(=O)C1CCN(C(=O)OC(C)(C)C)CC1.COc1ccc(CCC(C)C2CCN(C(=O)OC(C)(C)C)CC2)cc1.Clc1ncc(Br)c(Cl)n1. The van der Waals surface area contributed by atoms with Crippen LogP contribution >= 0.6 is 39.1 Å². The lowest BCUT2D eigenvalue weighted by Gasteiger charge is -2.35. The number of carbonyl (C=O) groups excluding carboxylic acids is 7. The van der Waals surface area contributed by atoms with Crippen molar-refractivity contribution in [2.24, 2.45) is 41.2 Å². The lowest BCUT2D eigenvalue weighted by Crippen LogP contribution is -2.45. The number of carbonyl (C=O) groups is 8.